The van der Waals surface area contributed by atoms with Crippen LogP contribution < -0.4 is 11.5 Å². The summed E-state index contributed by atoms with van der Waals surface area (Å²) < 4.78 is 2.05. The van der Waals surface area contributed by atoms with Gasteiger partial charge in [-0.2, -0.15) is 4.98 Å². The number of rotatable bonds is 3. The summed E-state index contributed by atoms with van der Waals surface area (Å²) in [5.74, 6) is 0.496. The zero-order valence-electron chi connectivity index (χ0n) is 13.1. The van der Waals surface area contributed by atoms with Crippen LogP contribution in [-0.2, 0) is 6.54 Å². The van der Waals surface area contributed by atoms with Crippen LogP contribution in [0.3, 0.4) is 0 Å². The number of nitrogens with zero attached hydrogens (tertiary/aromatic N) is 4. The molecule has 124 valence electrons. The molecule has 4 aromatic rings. The van der Waals surface area contributed by atoms with Crippen molar-refractivity contribution in [1.82, 2.24) is 14.5 Å². The van der Waals surface area contributed by atoms with Gasteiger partial charge in [0.25, 0.3) is 5.69 Å². The van der Waals surface area contributed by atoms with Gasteiger partial charge in [0.05, 0.1) is 15.8 Å². The van der Waals surface area contributed by atoms with Crippen LogP contribution in [0.1, 0.15) is 5.56 Å². The summed E-state index contributed by atoms with van der Waals surface area (Å²) in [7, 11) is 0. The van der Waals surface area contributed by atoms with Crippen LogP contribution >= 0.6 is 0 Å². The first-order valence-electron chi connectivity index (χ1n) is 7.57. The highest BCUT2D eigenvalue weighted by Crippen LogP contribution is 2.29. The number of nitrogen functional groups attached to an aromatic ring is 2. The number of nitro groups is 1. The minimum absolute atomic E-state index is 0.0784. The van der Waals surface area contributed by atoms with E-state index in [1.54, 1.807) is 12.1 Å². The smallest absolute Gasteiger partial charge is 0.269 e. The average molecular weight is 334 g/mol. The molecule has 0 aliphatic heterocycles. The lowest BCUT2D eigenvalue weighted by Gasteiger charge is -2.08. The number of hydrogen-bond acceptors (Lipinski definition) is 6. The van der Waals surface area contributed by atoms with Crippen molar-refractivity contribution in [3.05, 3.63) is 64.3 Å². The van der Waals surface area contributed by atoms with E-state index >= 15 is 0 Å². The number of nitrogens with two attached hydrogens (primary N) is 2. The highest BCUT2D eigenvalue weighted by molar-refractivity contribution is 6.10. The number of hydrogen-bond donors (Lipinski definition) is 2. The quantitative estimate of drug-likeness (QED) is 0.438. The summed E-state index contributed by atoms with van der Waals surface area (Å²) in [4.78, 5) is 18.6. The Morgan fingerprint density at radius 1 is 1.04 bits per heavy atom. The minimum atomic E-state index is -0.407. The molecule has 2 aromatic heterocycles. The topological polar surface area (TPSA) is 126 Å². The largest absolute Gasteiger partial charge is 0.383 e. The van der Waals surface area contributed by atoms with Crippen LogP contribution in [0.15, 0.2) is 48.7 Å². The minimum Gasteiger partial charge on any atom is -0.383 e. The molecule has 0 saturated carbocycles. The van der Waals surface area contributed by atoms with Gasteiger partial charge in [-0.25, -0.2) is 4.98 Å². The summed E-state index contributed by atoms with van der Waals surface area (Å²) in [5.41, 5.74) is 14.4. The molecular formula is C17H14N6O2. The van der Waals surface area contributed by atoms with Gasteiger partial charge in [-0.15, -0.1) is 0 Å². The molecule has 0 radical (unpaired) electrons. The number of aromatic nitrogens is 3. The molecule has 0 spiro atoms. The number of anilines is 2. The molecule has 0 atom stereocenters. The molecule has 0 aliphatic rings. The van der Waals surface area contributed by atoms with Gasteiger partial charge < -0.3 is 16.0 Å². The molecule has 0 amide bonds. The van der Waals surface area contributed by atoms with Crippen molar-refractivity contribution in [2.45, 2.75) is 6.54 Å². The third-order valence-corrected chi connectivity index (χ3v) is 4.16. The standard InChI is InChI=1S/C17H14N6O2/c18-16-15-12-7-8-22(9-10-1-3-11(4-2-10)23(24)25)14(12)6-5-13(15)20-17(19)21-16/h1-8H,9H2,(H4,18,19,20,21). The Hall–Kier alpha value is -3.68. The first-order chi connectivity index (χ1) is 12.0. The maximum atomic E-state index is 10.8. The predicted molar refractivity (Wildman–Crippen MR) is 96.1 cm³/mol. The second kappa shape index (κ2) is 5.45. The Balaban J connectivity index is 1.78. The summed E-state index contributed by atoms with van der Waals surface area (Å²) >= 11 is 0. The summed E-state index contributed by atoms with van der Waals surface area (Å²) in [6.07, 6.45) is 1.95. The van der Waals surface area contributed by atoms with Crippen molar-refractivity contribution in [2.24, 2.45) is 0 Å². The van der Waals surface area contributed by atoms with Crippen molar-refractivity contribution in [2.75, 3.05) is 11.5 Å². The van der Waals surface area contributed by atoms with Crippen LogP contribution in [-0.4, -0.2) is 19.5 Å². The third kappa shape index (κ3) is 2.49. The number of fused-ring (bicyclic) bond motifs is 3. The molecule has 4 N–H and O–H groups in total. The van der Waals surface area contributed by atoms with Gasteiger partial charge in [-0.3, -0.25) is 10.1 Å². The van der Waals surface area contributed by atoms with Crippen LogP contribution in [0.4, 0.5) is 17.5 Å². The molecular weight excluding hydrogens is 320 g/mol. The number of non-ortho nitro benzene ring substituents is 1. The lowest BCUT2D eigenvalue weighted by Crippen LogP contribution is -2.01. The number of benzene rings is 2. The van der Waals surface area contributed by atoms with Gasteiger partial charge in [0.2, 0.25) is 5.95 Å². The Kier molecular flexibility index (Phi) is 3.24. The Bertz CT molecular complexity index is 1120. The van der Waals surface area contributed by atoms with E-state index in [-0.39, 0.29) is 11.6 Å². The molecule has 2 heterocycles. The van der Waals surface area contributed by atoms with Crippen LogP contribution in [0, 0.1) is 10.1 Å². The molecule has 0 saturated heterocycles. The van der Waals surface area contributed by atoms with Crippen LogP contribution in [0.2, 0.25) is 0 Å². The zero-order valence-corrected chi connectivity index (χ0v) is 13.1. The summed E-state index contributed by atoms with van der Waals surface area (Å²) in [5, 5.41) is 12.5. The second-order valence-electron chi connectivity index (χ2n) is 5.73. The molecule has 8 nitrogen and oxygen atoms in total. The summed E-state index contributed by atoms with van der Waals surface area (Å²) in [6, 6.07) is 12.3. The van der Waals surface area contributed by atoms with Crippen molar-refractivity contribution in [1.29, 1.82) is 0 Å². The first kappa shape index (κ1) is 14.9. The van der Waals surface area contributed by atoms with E-state index in [4.69, 9.17) is 11.5 Å². The van der Waals surface area contributed by atoms with Crippen molar-refractivity contribution >= 4 is 39.3 Å². The van der Waals surface area contributed by atoms with E-state index in [1.165, 1.54) is 12.1 Å². The van der Waals surface area contributed by atoms with Gasteiger partial charge in [-0.1, -0.05) is 12.1 Å². The molecule has 0 fully saturated rings. The normalized spacial score (nSPS) is 11.2. The Labute approximate surface area is 141 Å². The van der Waals surface area contributed by atoms with Gasteiger partial charge in [0, 0.05) is 35.8 Å². The van der Waals surface area contributed by atoms with E-state index in [0.717, 1.165) is 21.9 Å². The fourth-order valence-corrected chi connectivity index (χ4v) is 3.01. The lowest BCUT2D eigenvalue weighted by atomic mass is 10.1. The maximum absolute atomic E-state index is 10.8. The van der Waals surface area contributed by atoms with Gasteiger partial charge in [0.1, 0.15) is 5.82 Å². The molecule has 2 aromatic carbocycles. The van der Waals surface area contributed by atoms with Gasteiger partial charge >= 0.3 is 0 Å². The summed E-state index contributed by atoms with van der Waals surface area (Å²) in [6.45, 7) is 0.586. The maximum Gasteiger partial charge on any atom is 0.269 e. The molecule has 0 unspecified atom stereocenters. The van der Waals surface area contributed by atoms with E-state index in [1.807, 2.05) is 29.0 Å². The Morgan fingerprint density at radius 2 is 1.80 bits per heavy atom. The van der Waals surface area contributed by atoms with Gasteiger partial charge in [0.15, 0.2) is 0 Å². The van der Waals surface area contributed by atoms with E-state index < -0.39 is 4.92 Å². The molecule has 4 rings (SSSR count). The predicted octanol–water partition coefficient (Wildman–Crippen LogP) is 2.71. The van der Waals surface area contributed by atoms with Crippen molar-refractivity contribution in [3.63, 3.8) is 0 Å². The lowest BCUT2D eigenvalue weighted by molar-refractivity contribution is -0.384. The number of nitro benzene ring substituents is 1. The zero-order chi connectivity index (χ0) is 17.6. The molecule has 0 bridgehead atoms. The van der Waals surface area contributed by atoms with Crippen molar-refractivity contribution in [3.8, 4) is 0 Å². The van der Waals surface area contributed by atoms with E-state index in [2.05, 4.69) is 9.97 Å². The van der Waals surface area contributed by atoms with Crippen molar-refractivity contribution < 1.29 is 4.92 Å². The van der Waals surface area contributed by atoms with Gasteiger partial charge in [-0.05, 0) is 23.8 Å². The second-order valence-corrected chi connectivity index (χ2v) is 5.73. The van der Waals surface area contributed by atoms with Crippen LogP contribution in [0.25, 0.3) is 21.8 Å². The van der Waals surface area contributed by atoms with E-state index in [0.29, 0.717) is 17.9 Å². The first-order valence-corrected chi connectivity index (χ1v) is 7.57. The SMILES string of the molecule is Nc1nc(N)c2c(ccc3c2ccn3Cc2ccc([N+](=O)[O-])cc2)n1. The highest BCUT2D eigenvalue weighted by atomic mass is 16.6. The molecule has 0 aliphatic carbocycles. The monoisotopic (exact) mass is 334 g/mol. The highest BCUT2D eigenvalue weighted by Gasteiger charge is 2.11. The van der Waals surface area contributed by atoms with Crippen LogP contribution in [0.5, 0.6) is 0 Å². The molecule has 8 heteroatoms. The fourth-order valence-electron chi connectivity index (χ4n) is 3.01. The molecule has 25 heavy (non-hydrogen) atoms. The Morgan fingerprint density at radius 3 is 2.52 bits per heavy atom. The average Bonchev–Trinajstić information content (AvgIpc) is 2.97. The van der Waals surface area contributed by atoms with E-state index in [9.17, 15) is 10.1 Å². The fraction of sp³-hybridized carbons (Fsp3) is 0.0588. The third-order valence-electron chi connectivity index (χ3n) is 4.16.